The number of carbonyl (C=O) groups excluding carboxylic acids is 1. The summed E-state index contributed by atoms with van der Waals surface area (Å²) in [7, 11) is 0. The van der Waals surface area contributed by atoms with E-state index in [4.69, 9.17) is 0 Å². The number of nitrogens with zero attached hydrogens (tertiary/aromatic N) is 2. The van der Waals surface area contributed by atoms with E-state index >= 15 is 0 Å². The lowest BCUT2D eigenvalue weighted by Crippen LogP contribution is -2.42. The van der Waals surface area contributed by atoms with Crippen LogP contribution in [0.5, 0.6) is 0 Å². The number of carbonyl (C=O) groups is 1. The molecule has 0 bridgehead atoms. The Balaban J connectivity index is 1.88. The molecule has 0 radical (unpaired) electrons. The van der Waals surface area contributed by atoms with E-state index < -0.39 is 0 Å². The molecule has 1 aromatic rings. The van der Waals surface area contributed by atoms with Gasteiger partial charge in [-0.1, -0.05) is 12.1 Å². The Hall–Kier alpha value is -1.13. The van der Waals surface area contributed by atoms with Crippen LogP contribution in [0.4, 0.5) is 0 Å². The predicted octanol–water partition coefficient (Wildman–Crippen LogP) is 2.75. The van der Waals surface area contributed by atoms with Crippen molar-refractivity contribution in [3.05, 3.63) is 35.0 Å². The molecule has 104 valence electrons. The van der Waals surface area contributed by atoms with Gasteiger partial charge < -0.3 is 4.90 Å². The molecule has 0 aromatic carbocycles. The van der Waals surface area contributed by atoms with Gasteiger partial charge in [0.15, 0.2) is 0 Å². The SMILES string of the molecule is C=CCN(CC(=O)N1CCCCC1)Cc1cccs1. The summed E-state index contributed by atoms with van der Waals surface area (Å²) in [5, 5.41) is 2.08. The Kier molecular flexibility index (Phi) is 5.61. The summed E-state index contributed by atoms with van der Waals surface area (Å²) in [6.45, 7) is 7.75. The van der Waals surface area contributed by atoms with E-state index in [-0.39, 0.29) is 5.91 Å². The third kappa shape index (κ3) is 4.48. The summed E-state index contributed by atoms with van der Waals surface area (Å²) in [6.07, 6.45) is 5.43. The van der Waals surface area contributed by atoms with Gasteiger partial charge in [-0.2, -0.15) is 0 Å². The van der Waals surface area contributed by atoms with Gasteiger partial charge in [-0.15, -0.1) is 17.9 Å². The monoisotopic (exact) mass is 278 g/mol. The lowest BCUT2D eigenvalue weighted by atomic mass is 10.1. The molecule has 2 rings (SSSR count). The van der Waals surface area contributed by atoms with Crippen molar-refractivity contribution in [3.8, 4) is 0 Å². The zero-order chi connectivity index (χ0) is 13.5. The molecule has 2 heterocycles. The van der Waals surface area contributed by atoms with Crippen LogP contribution in [0.1, 0.15) is 24.1 Å². The average molecular weight is 278 g/mol. The largest absolute Gasteiger partial charge is 0.342 e. The number of rotatable bonds is 6. The summed E-state index contributed by atoms with van der Waals surface area (Å²) in [4.78, 5) is 17.7. The fourth-order valence-electron chi connectivity index (χ4n) is 2.43. The molecule has 0 N–H and O–H groups in total. The van der Waals surface area contributed by atoms with Crippen molar-refractivity contribution in [2.45, 2.75) is 25.8 Å². The van der Waals surface area contributed by atoms with Crippen molar-refractivity contribution in [1.82, 2.24) is 9.80 Å². The first-order chi connectivity index (χ1) is 9.29. The number of amides is 1. The van der Waals surface area contributed by atoms with E-state index in [0.717, 1.165) is 39.0 Å². The van der Waals surface area contributed by atoms with Gasteiger partial charge in [0.05, 0.1) is 6.54 Å². The molecule has 1 aliphatic rings. The first kappa shape index (κ1) is 14.3. The van der Waals surface area contributed by atoms with Crippen LogP contribution in [0.15, 0.2) is 30.2 Å². The maximum atomic E-state index is 12.3. The molecule has 4 heteroatoms. The van der Waals surface area contributed by atoms with E-state index in [2.05, 4.69) is 29.0 Å². The van der Waals surface area contributed by atoms with Gasteiger partial charge in [0, 0.05) is 31.1 Å². The molecule has 0 unspecified atom stereocenters. The summed E-state index contributed by atoms with van der Waals surface area (Å²) >= 11 is 1.74. The first-order valence-corrected chi connectivity index (χ1v) is 7.81. The third-order valence-corrected chi connectivity index (χ3v) is 4.28. The van der Waals surface area contributed by atoms with Crippen molar-refractivity contribution in [1.29, 1.82) is 0 Å². The topological polar surface area (TPSA) is 23.6 Å². The summed E-state index contributed by atoms with van der Waals surface area (Å²) in [6, 6.07) is 4.17. The minimum atomic E-state index is 0.262. The predicted molar refractivity (Wildman–Crippen MR) is 80.2 cm³/mol. The Bertz CT molecular complexity index is 396. The fraction of sp³-hybridized carbons (Fsp3) is 0.533. The summed E-state index contributed by atoms with van der Waals surface area (Å²) in [5.41, 5.74) is 0. The van der Waals surface area contributed by atoms with Gasteiger partial charge in [-0.05, 0) is 30.7 Å². The molecular weight excluding hydrogens is 256 g/mol. The number of likely N-dealkylation sites (tertiary alicyclic amines) is 1. The zero-order valence-corrected chi connectivity index (χ0v) is 12.2. The minimum absolute atomic E-state index is 0.262. The molecule has 0 saturated carbocycles. The van der Waals surface area contributed by atoms with E-state index in [9.17, 15) is 4.79 Å². The lowest BCUT2D eigenvalue weighted by Gasteiger charge is -2.29. The Morgan fingerprint density at radius 2 is 2.21 bits per heavy atom. The quantitative estimate of drug-likeness (QED) is 0.747. The number of piperidine rings is 1. The Morgan fingerprint density at radius 3 is 2.84 bits per heavy atom. The Labute approximate surface area is 119 Å². The molecular formula is C15H22N2OS. The molecule has 19 heavy (non-hydrogen) atoms. The standard InChI is InChI=1S/C15H22N2OS/c1-2-8-16(12-14-7-6-11-19-14)13-15(18)17-9-4-3-5-10-17/h2,6-7,11H,1,3-5,8-10,12-13H2. The number of thiophene rings is 1. The van der Waals surface area contributed by atoms with Crippen molar-refractivity contribution in [2.75, 3.05) is 26.2 Å². The second-order valence-corrected chi connectivity index (χ2v) is 6.01. The van der Waals surface area contributed by atoms with Crippen LogP contribution in [-0.4, -0.2) is 41.9 Å². The third-order valence-electron chi connectivity index (χ3n) is 3.41. The highest BCUT2D eigenvalue weighted by Gasteiger charge is 2.19. The van der Waals surface area contributed by atoms with Gasteiger partial charge in [0.2, 0.25) is 5.91 Å². The molecule has 1 amide bonds. The highest BCUT2D eigenvalue weighted by atomic mass is 32.1. The van der Waals surface area contributed by atoms with Crippen molar-refractivity contribution < 1.29 is 4.79 Å². The van der Waals surface area contributed by atoms with Crippen molar-refractivity contribution >= 4 is 17.2 Å². The summed E-state index contributed by atoms with van der Waals surface area (Å²) in [5.74, 6) is 0.262. The van der Waals surface area contributed by atoms with Gasteiger partial charge in [0.25, 0.3) is 0 Å². The van der Waals surface area contributed by atoms with E-state index in [0.29, 0.717) is 6.54 Å². The smallest absolute Gasteiger partial charge is 0.236 e. The average Bonchev–Trinajstić information content (AvgIpc) is 2.93. The zero-order valence-electron chi connectivity index (χ0n) is 11.4. The van der Waals surface area contributed by atoms with Crippen LogP contribution in [0.25, 0.3) is 0 Å². The van der Waals surface area contributed by atoms with Gasteiger partial charge >= 0.3 is 0 Å². The molecule has 0 spiro atoms. The van der Waals surface area contributed by atoms with Gasteiger partial charge in [0.1, 0.15) is 0 Å². The fourth-order valence-corrected chi connectivity index (χ4v) is 3.17. The molecule has 1 saturated heterocycles. The Morgan fingerprint density at radius 1 is 1.42 bits per heavy atom. The molecule has 3 nitrogen and oxygen atoms in total. The van der Waals surface area contributed by atoms with E-state index in [1.807, 2.05) is 11.0 Å². The molecule has 1 aliphatic heterocycles. The maximum Gasteiger partial charge on any atom is 0.236 e. The minimum Gasteiger partial charge on any atom is -0.342 e. The molecule has 1 fully saturated rings. The highest BCUT2D eigenvalue weighted by Crippen LogP contribution is 2.13. The van der Waals surface area contributed by atoms with Crippen LogP contribution in [-0.2, 0) is 11.3 Å². The summed E-state index contributed by atoms with van der Waals surface area (Å²) < 4.78 is 0. The maximum absolute atomic E-state index is 12.3. The normalized spacial score (nSPS) is 15.7. The second kappa shape index (κ2) is 7.46. The van der Waals surface area contributed by atoms with Crippen molar-refractivity contribution in [3.63, 3.8) is 0 Å². The highest BCUT2D eigenvalue weighted by molar-refractivity contribution is 7.09. The van der Waals surface area contributed by atoms with Crippen LogP contribution in [0, 0.1) is 0 Å². The van der Waals surface area contributed by atoms with Crippen LogP contribution in [0.3, 0.4) is 0 Å². The van der Waals surface area contributed by atoms with Gasteiger partial charge in [-0.3, -0.25) is 9.69 Å². The lowest BCUT2D eigenvalue weighted by molar-refractivity contribution is -0.133. The first-order valence-electron chi connectivity index (χ1n) is 6.93. The molecule has 0 atom stereocenters. The van der Waals surface area contributed by atoms with Crippen LogP contribution in [0.2, 0.25) is 0 Å². The molecule has 1 aromatic heterocycles. The molecule has 0 aliphatic carbocycles. The second-order valence-electron chi connectivity index (χ2n) is 4.98. The van der Waals surface area contributed by atoms with Gasteiger partial charge in [-0.25, -0.2) is 0 Å². The van der Waals surface area contributed by atoms with E-state index in [1.54, 1.807) is 11.3 Å². The number of hydrogen-bond acceptors (Lipinski definition) is 3. The van der Waals surface area contributed by atoms with Crippen molar-refractivity contribution in [2.24, 2.45) is 0 Å². The van der Waals surface area contributed by atoms with E-state index in [1.165, 1.54) is 11.3 Å². The van der Waals surface area contributed by atoms with Crippen LogP contribution < -0.4 is 0 Å². The van der Waals surface area contributed by atoms with Crippen LogP contribution >= 0.6 is 11.3 Å². The number of hydrogen-bond donors (Lipinski definition) is 0.